The molecular weight excluding hydrogens is 300 g/mol. The van der Waals surface area contributed by atoms with Crippen LogP contribution < -0.4 is 5.32 Å². The van der Waals surface area contributed by atoms with Gasteiger partial charge in [-0.15, -0.1) is 0 Å². The molecule has 1 aromatic heterocycles. The molecule has 1 aromatic rings. The highest BCUT2D eigenvalue weighted by molar-refractivity contribution is 8.00. The van der Waals surface area contributed by atoms with Crippen LogP contribution in [0.25, 0.3) is 0 Å². The van der Waals surface area contributed by atoms with E-state index in [1.165, 1.54) is 5.56 Å². The van der Waals surface area contributed by atoms with E-state index in [4.69, 9.17) is 0 Å². The van der Waals surface area contributed by atoms with E-state index in [0.717, 1.165) is 32.2 Å². The van der Waals surface area contributed by atoms with Gasteiger partial charge in [0.1, 0.15) is 11.7 Å². The van der Waals surface area contributed by atoms with Crippen molar-refractivity contribution in [2.75, 3.05) is 12.8 Å². The highest BCUT2D eigenvalue weighted by atomic mass is 32.2. The molecule has 21 heavy (non-hydrogen) atoms. The minimum absolute atomic E-state index is 0.0656. The smallest absolute Gasteiger partial charge is 0.244 e. The fraction of sp³-hybridized carbons (Fsp3) is 0.688. The minimum atomic E-state index is -0.238. The number of carbonyl (C=O) groups is 1. The highest BCUT2D eigenvalue weighted by Gasteiger charge is 2.60. The molecule has 1 aliphatic carbocycles. The fourth-order valence-electron chi connectivity index (χ4n) is 3.27. The lowest BCUT2D eigenvalue weighted by molar-refractivity contribution is -0.131. The second-order valence-corrected chi connectivity index (χ2v) is 8.27. The molecule has 1 amide bonds. The normalized spacial score (nSPS) is 24.0. The SMILES string of the molecule is CCC(CC)(CN1C(=O)C2(CC2)NC1c1ccsc1)SC. The summed E-state index contributed by atoms with van der Waals surface area (Å²) in [6.07, 6.45) is 6.42. The second-order valence-electron chi connectivity index (χ2n) is 6.21. The molecule has 2 aliphatic rings. The van der Waals surface area contributed by atoms with E-state index < -0.39 is 0 Å². The first-order chi connectivity index (χ1) is 10.1. The van der Waals surface area contributed by atoms with Gasteiger partial charge in [-0.25, -0.2) is 0 Å². The predicted octanol–water partition coefficient (Wildman–Crippen LogP) is 3.63. The maximum absolute atomic E-state index is 12.9. The number of thiophene rings is 1. The molecule has 1 spiro atoms. The third kappa shape index (κ3) is 2.53. The molecular formula is C16H24N2OS2. The summed E-state index contributed by atoms with van der Waals surface area (Å²) in [4.78, 5) is 15.0. The topological polar surface area (TPSA) is 32.3 Å². The number of hydrogen-bond donors (Lipinski definition) is 1. The van der Waals surface area contributed by atoms with Crippen molar-refractivity contribution in [3.8, 4) is 0 Å². The zero-order chi connectivity index (χ0) is 15.1. The predicted molar refractivity (Wildman–Crippen MR) is 90.7 cm³/mol. The number of nitrogens with one attached hydrogen (secondary N) is 1. The van der Waals surface area contributed by atoms with Gasteiger partial charge in [0.25, 0.3) is 0 Å². The van der Waals surface area contributed by atoms with Crippen molar-refractivity contribution in [2.45, 2.75) is 56.0 Å². The maximum atomic E-state index is 12.9. The van der Waals surface area contributed by atoms with E-state index in [2.05, 4.69) is 47.1 Å². The molecule has 1 atom stereocenters. The van der Waals surface area contributed by atoms with E-state index in [1.807, 2.05) is 11.8 Å². The summed E-state index contributed by atoms with van der Waals surface area (Å²) < 4.78 is 0.173. The van der Waals surface area contributed by atoms with Gasteiger partial charge in [-0.05, 0) is 54.3 Å². The zero-order valence-corrected chi connectivity index (χ0v) is 14.6. The average molecular weight is 325 g/mol. The van der Waals surface area contributed by atoms with Gasteiger partial charge in [-0.2, -0.15) is 23.1 Å². The first kappa shape index (κ1) is 15.4. The lowest BCUT2D eigenvalue weighted by atomic mass is 10.0. The van der Waals surface area contributed by atoms with Crippen molar-refractivity contribution in [3.05, 3.63) is 22.4 Å². The number of rotatable bonds is 6. The van der Waals surface area contributed by atoms with Crippen LogP contribution in [0.3, 0.4) is 0 Å². The van der Waals surface area contributed by atoms with Crippen LogP contribution in [0.5, 0.6) is 0 Å². The minimum Gasteiger partial charge on any atom is -0.320 e. The Kier molecular flexibility index (Phi) is 4.10. The van der Waals surface area contributed by atoms with E-state index >= 15 is 0 Å². The van der Waals surface area contributed by atoms with Gasteiger partial charge in [0.15, 0.2) is 0 Å². The van der Waals surface area contributed by atoms with Crippen LogP contribution in [0, 0.1) is 0 Å². The number of nitrogens with zero attached hydrogens (tertiary/aromatic N) is 1. The van der Waals surface area contributed by atoms with Crippen LogP contribution in [0.4, 0.5) is 0 Å². The summed E-state index contributed by atoms with van der Waals surface area (Å²) in [6, 6.07) is 2.14. The molecule has 3 nitrogen and oxygen atoms in total. The molecule has 0 aromatic carbocycles. The second kappa shape index (κ2) is 5.60. The van der Waals surface area contributed by atoms with E-state index in [9.17, 15) is 4.79 Å². The van der Waals surface area contributed by atoms with Crippen molar-refractivity contribution >= 4 is 29.0 Å². The Hall–Kier alpha value is -0.520. The summed E-state index contributed by atoms with van der Waals surface area (Å²) >= 11 is 3.61. The third-order valence-corrected chi connectivity index (χ3v) is 7.46. The molecule has 1 unspecified atom stereocenters. The van der Waals surface area contributed by atoms with Crippen molar-refractivity contribution < 1.29 is 4.79 Å². The molecule has 2 heterocycles. The quantitative estimate of drug-likeness (QED) is 0.867. The average Bonchev–Trinajstić information content (AvgIpc) is 3.00. The zero-order valence-electron chi connectivity index (χ0n) is 13.0. The van der Waals surface area contributed by atoms with Gasteiger partial charge in [0.2, 0.25) is 5.91 Å². The Morgan fingerprint density at radius 3 is 2.67 bits per heavy atom. The van der Waals surface area contributed by atoms with Gasteiger partial charge in [0, 0.05) is 11.3 Å². The Balaban J connectivity index is 1.88. The molecule has 1 N–H and O–H groups in total. The van der Waals surface area contributed by atoms with Crippen LogP contribution in [-0.2, 0) is 4.79 Å². The Bertz CT molecular complexity index is 498. The number of hydrogen-bond acceptors (Lipinski definition) is 4. The number of carbonyl (C=O) groups excluding carboxylic acids is 1. The molecule has 1 saturated heterocycles. The van der Waals surface area contributed by atoms with Gasteiger partial charge in [-0.3, -0.25) is 10.1 Å². The van der Waals surface area contributed by atoms with E-state index in [-0.39, 0.29) is 16.5 Å². The van der Waals surface area contributed by atoms with Crippen LogP contribution in [0.2, 0.25) is 0 Å². The van der Waals surface area contributed by atoms with Crippen molar-refractivity contribution in [2.24, 2.45) is 0 Å². The van der Waals surface area contributed by atoms with Crippen LogP contribution in [0.1, 0.15) is 51.3 Å². The van der Waals surface area contributed by atoms with Crippen molar-refractivity contribution in [3.63, 3.8) is 0 Å². The van der Waals surface area contributed by atoms with E-state index in [0.29, 0.717) is 5.91 Å². The standard InChI is InChI=1S/C16H24N2OS2/c1-4-15(5-2,20-3)11-18-13(12-6-9-21-10-12)17-16(7-8-16)14(18)19/h6,9-10,13,17H,4-5,7-8,11H2,1-3H3. The summed E-state index contributed by atoms with van der Waals surface area (Å²) in [5, 5.41) is 7.87. The van der Waals surface area contributed by atoms with Gasteiger partial charge >= 0.3 is 0 Å². The highest BCUT2D eigenvalue weighted by Crippen LogP contribution is 2.47. The molecule has 5 heteroatoms. The largest absolute Gasteiger partial charge is 0.320 e. The number of thioether (sulfide) groups is 1. The summed E-state index contributed by atoms with van der Waals surface area (Å²) in [5.74, 6) is 0.319. The maximum Gasteiger partial charge on any atom is 0.244 e. The molecule has 1 aliphatic heterocycles. The van der Waals surface area contributed by atoms with Gasteiger partial charge in [0.05, 0.1) is 0 Å². The van der Waals surface area contributed by atoms with E-state index in [1.54, 1.807) is 11.3 Å². The summed E-state index contributed by atoms with van der Waals surface area (Å²) in [6.45, 7) is 5.32. The lowest BCUT2D eigenvalue weighted by Crippen LogP contribution is -2.43. The van der Waals surface area contributed by atoms with Crippen molar-refractivity contribution in [1.82, 2.24) is 10.2 Å². The van der Waals surface area contributed by atoms with Gasteiger partial charge in [-0.1, -0.05) is 13.8 Å². The van der Waals surface area contributed by atoms with Crippen LogP contribution >= 0.6 is 23.1 Å². The van der Waals surface area contributed by atoms with Crippen LogP contribution in [0.15, 0.2) is 16.8 Å². The molecule has 2 fully saturated rings. The summed E-state index contributed by atoms with van der Waals surface area (Å²) in [7, 11) is 0. The monoisotopic (exact) mass is 324 g/mol. The first-order valence-corrected chi connectivity index (χ1v) is 9.92. The Labute approximate surface area is 135 Å². The fourth-order valence-corrected chi connectivity index (χ4v) is 4.80. The number of amides is 1. The molecule has 116 valence electrons. The summed E-state index contributed by atoms with van der Waals surface area (Å²) in [5.41, 5.74) is 0.998. The molecule has 1 saturated carbocycles. The first-order valence-electron chi connectivity index (χ1n) is 7.76. The Morgan fingerprint density at radius 1 is 1.48 bits per heavy atom. The van der Waals surface area contributed by atoms with Crippen LogP contribution in [-0.4, -0.2) is 33.9 Å². The lowest BCUT2D eigenvalue weighted by Gasteiger charge is -2.36. The Morgan fingerprint density at radius 2 is 2.19 bits per heavy atom. The third-order valence-electron chi connectivity index (χ3n) is 5.18. The molecule has 3 rings (SSSR count). The molecule has 0 bridgehead atoms. The molecule has 0 radical (unpaired) electrons. The van der Waals surface area contributed by atoms with Gasteiger partial charge < -0.3 is 4.90 Å². The van der Waals surface area contributed by atoms with Crippen molar-refractivity contribution in [1.29, 1.82) is 0 Å².